The number of hydrogen-bond acceptors (Lipinski definition) is 1. The predicted octanol–water partition coefficient (Wildman–Crippen LogP) is 4.29. The zero-order valence-corrected chi connectivity index (χ0v) is 11.7. The highest BCUT2D eigenvalue weighted by molar-refractivity contribution is 5.85. The smallest absolute Gasteiger partial charge is 0.0371 e. The van der Waals surface area contributed by atoms with Gasteiger partial charge in [0.1, 0.15) is 0 Å². The van der Waals surface area contributed by atoms with E-state index in [4.69, 9.17) is 0 Å². The maximum absolute atomic E-state index is 2.67. The number of piperidine rings is 1. The van der Waals surface area contributed by atoms with Crippen molar-refractivity contribution in [1.82, 2.24) is 4.90 Å². The van der Waals surface area contributed by atoms with Gasteiger partial charge in [0.05, 0.1) is 0 Å². The Bertz CT molecular complexity index is 304. The van der Waals surface area contributed by atoms with Gasteiger partial charge in [-0.1, -0.05) is 50.6 Å². The lowest BCUT2D eigenvalue weighted by Gasteiger charge is -2.37. The molecule has 0 aromatic heterocycles. The van der Waals surface area contributed by atoms with E-state index in [1.54, 1.807) is 0 Å². The molecule has 0 aliphatic carbocycles. The second-order valence-electron chi connectivity index (χ2n) is 5.20. The fourth-order valence-electron chi connectivity index (χ4n) is 2.86. The van der Waals surface area contributed by atoms with Crippen molar-refractivity contribution in [2.75, 3.05) is 13.1 Å². The summed E-state index contributed by atoms with van der Waals surface area (Å²) in [5, 5.41) is 0. The fourth-order valence-corrected chi connectivity index (χ4v) is 2.86. The standard InChI is InChI=1S/C15H23N.ClH/c1-13(2)15(14-9-5-3-6-10-14)16-11-7-4-8-12-16;/h3,5-6,9-10,13,15H,4,7-8,11-12H2,1-2H3;1H. The van der Waals surface area contributed by atoms with Gasteiger partial charge < -0.3 is 0 Å². The lowest BCUT2D eigenvalue weighted by Crippen LogP contribution is -2.36. The van der Waals surface area contributed by atoms with E-state index in [-0.39, 0.29) is 12.4 Å². The second kappa shape index (κ2) is 7.03. The van der Waals surface area contributed by atoms with Crippen LogP contribution in [0.3, 0.4) is 0 Å². The van der Waals surface area contributed by atoms with Crippen molar-refractivity contribution in [3.63, 3.8) is 0 Å². The average molecular weight is 254 g/mol. The fraction of sp³-hybridized carbons (Fsp3) is 0.600. The maximum Gasteiger partial charge on any atom is 0.0371 e. The zero-order valence-electron chi connectivity index (χ0n) is 10.9. The summed E-state index contributed by atoms with van der Waals surface area (Å²) in [6, 6.07) is 11.6. The number of halogens is 1. The van der Waals surface area contributed by atoms with Crippen molar-refractivity contribution in [2.45, 2.75) is 39.2 Å². The molecule has 1 atom stereocenters. The highest BCUT2D eigenvalue weighted by atomic mass is 35.5. The molecule has 1 heterocycles. The Labute approximate surface area is 112 Å². The molecule has 1 saturated heterocycles. The van der Waals surface area contributed by atoms with Gasteiger partial charge in [-0.3, -0.25) is 4.90 Å². The summed E-state index contributed by atoms with van der Waals surface area (Å²) in [6.45, 7) is 7.23. The summed E-state index contributed by atoms with van der Waals surface area (Å²) in [5.74, 6) is 0.695. The summed E-state index contributed by atoms with van der Waals surface area (Å²) < 4.78 is 0. The van der Waals surface area contributed by atoms with Crippen molar-refractivity contribution >= 4 is 12.4 Å². The molecular weight excluding hydrogens is 230 g/mol. The SMILES string of the molecule is CC(C)C(c1ccccc1)N1CCCCC1.Cl. The zero-order chi connectivity index (χ0) is 11.4. The van der Waals surface area contributed by atoms with Crippen LogP contribution >= 0.6 is 12.4 Å². The molecule has 0 N–H and O–H groups in total. The van der Waals surface area contributed by atoms with Gasteiger partial charge in [-0.2, -0.15) is 0 Å². The van der Waals surface area contributed by atoms with E-state index in [1.165, 1.54) is 37.9 Å². The first-order chi connectivity index (χ1) is 7.79. The topological polar surface area (TPSA) is 3.24 Å². The first-order valence-corrected chi connectivity index (χ1v) is 6.58. The molecule has 17 heavy (non-hydrogen) atoms. The van der Waals surface area contributed by atoms with Crippen molar-refractivity contribution in [1.29, 1.82) is 0 Å². The average Bonchev–Trinajstić information content (AvgIpc) is 2.31. The summed E-state index contributed by atoms with van der Waals surface area (Å²) >= 11 is 0. The number of nitrogens with zero attached hydrogens (tertiary/aromatic N) is 1. The third-order valence-corrected chi connectivity index (χ3v) is 3.56. The van der Waals surface area contributed by atoms with Crippen molar-refractivity contribution in [3.05, 3.63) is 35.9 Å². The van der Waals surface area contributed by atoms with Crippen molar-refractivity contribution in [2.24, 2.45) is 5.92 Å². The summed E-state index contributed by atoms with van der Waals surface area (Å²) in [5.41, 5.74) is 1.49. The van der Waals surface area contributed by atoms with Crippen LogP contribution in [0, 0.1) is 5.92 Å². The lowest BCUT2D eigenvalue weighted by molar-refractivity contribution is 0.128. The molecule has 1 aromatic carbocycles. The molecule has 0 saturated carbocycles. The summed E-state index contributed by atoms with van der Waals surface area (Å²) in [4.78, 5) is 2.67. The van der Waals surface area contributed by atoms with E-state index < -0.39 is 0 Å². The molecule has 2 heteroatoms. The van der Waals surface area contributed by atoms with E-state index in [2.05, 4.69) is 49.1 Å². The van der Waals surface area contributed by atoms with Crippen molar-refractivity contribution < 1.29 is 0 Å². The van der Waals surface area contributed by atoms with E-state index >= 15 is 0 Å². The van der Waals surface area contributed by atoms with Gasteiger partial charge in [-0.25, -0.2) is 0 Å². The second-order valence-corrected chi connectivity index (χ2v) is 5.20. The van der Waals surface area contributed by atoms with Gasteiger partial charge in [0.25, 0.3) is 0 Å². The molecular formula is C15H24ClN. The highest BCUT2D eigenvalue weighted by Gasteiger charge is 2.24. The van der Waals surface area contributed by atoms with Crippen molar-refractivity contribution in [3.8, 4) is 0 Å². The van der Waals surface area contributed by atoms with Gasteiger partial charge in [-0.05, 0) is 37.4 Å². The highest BCUT2D eigenvalue weighted by Crippen LogP contribution is 2.30. The Kier molecular flexibility index (Phi) is 6.01. The van der Waals surface area contributed by atoms with E-state index in [1.807, 2.05) is 0 Å². The van der Waals surface area contributed by atoms with Gasteiger partial charge in [-0.15, -0.1) is 12.4 Å². The van der Waals surface area contributed by atoms with E-state index in [0.29, 0.717) is 12.0 Å². The maximum atomic E-state index is 2.67. The Morgan fingerprint density at radius 2 is 1.53 bits per heavy atom. The Morgan fingerprint density at radius 3 is 2.06 bits per heavy atom. The number of likely N-dealkylation sites (tertiary alicyclic amines) is 1. The third-order valence-electron chi connectivity index (χ3n) is 3.56. The predicted molar refractivity (Wildman–Crippen MR) is 76.7 cm³/mol. The molecule has 1 aliphatic rings. The van der Waals surface area contributed by atoms with E-state index in [9.17, 15) is 0 Å². The van der Waals surface area contributed by atoms with Crippen LogP contribution in [-0.2, 0) is 0 Å². The summed E-state index contributed by atoms with van der Waals surface area (Å²) in [6.07, 6.45) is 4.15. The third kappa shape index (κ3) is 3.72. The van der Waals surface area contributed by atoms with Gasteiger partial charge >= 0.3 is 0 Å². The van der Waals surface area contributed by atoms with Gasteiger partial charge in [0, 0.05) is 6.04 Å². The summed E-state index contributed by atoms with van der Waals surface area (Å²) in [7, 11) is 0. The van der Waals surface area contributed by atoms with Crippen LogP contribution in [0.1, 0.15) is 44.7 Å². The van der Waals surface area contributed by atoms with Crippen LogP contribution in [0.15, 0.2) is 30.3 Å². The Balaban J connectivity index is 0.00000144. The van der Waals surface area contributed by atoms with Crippen LogP contribution in [0.4, 0.5) is 0 Å². The number of rotatable bonds is 3. The number of hydrogen-bond donors (Lipinski definition) is 0. The van der Waals surface area contributed by atoms with Gasteiger partial charge in [0.2, 0.25) is 0 Å². The lowest BCUT2D eigenvalue weighted by atomic mass is 9.92. The molecule has 1 fully saturated rings. The normalized spacial score (nSPS) is 18.8. The Hall–Kier alpha value is -0.530. The minimum Gasteiger partial charge on any atom is -0.296 e. The molecule has 96 valence electrons. The molecule has 0 spiro atoms. The molecule has 0 radical (unpaired) electrons. The molecule has 2 rings (SSSR count). The first kappa shape index (κ1) is 14.5. The molecule has 1 nitrogen and oxygen atoms in total. The van der Waals surface area contributed by atoms with Crippen LogP contribution in [0.25, 0.3) is 0 Å². The van der Waals surface area contributed by atoms with Crippen LogP contribution in [0.5, 0.6) is 0 Å². The first-order valence-electron chi connectivity index (χ1n) is 6.58. The molecule has 1 unspecified atom stereocenters. The van der Waals surface area contributed by atoms with Gasteiger partial charge in [0.15, 0.2) is 0 Å². The minimum absolute atomic E-state index is 0. The van der Waals surface area contributed by atoms with Crippen LogP contribution in [-0.4, -0.2) is 18.0 Å². The van der Waals surface area contributed by atoms with Crippen LogP contribution in [0.2, 0.25) is 0 Å². The quantitative estimate of drug-likeness (QED) is 0.777. The molecule has 1 aliphatic heterocycles. The Morgan fingerprint density at radius 1 is 0.941 bits per heavy atom. The molecule has 0 amide bonds. The minimum atomic E-state index is 0. The monoisotopic (exact) mass is 253 g/mol. The largest absolute Gasteiger partial charge is 0.296 e. The van der Waals surface area contributed by atoms with Crippen LogP contribution < -0.4 is 0 Å². The number of benzene rings is 1. The molecule has 1 aromatic rings. The van der Waals surface area contributed by atoms with E-state index in [0.717, 1.165) is 0 Å². The molecule has 0 bridgehead atoms.